The van der Waals surface area contributed by atoms with E-state index in [4.69, 9.17) is 11.6 Å². The maximum absolute atomic E-state index is 12.6. The SMILES string of the molecule is NC(=O)c1ccc(CSc2nnc(C(F)(F)F)n2N)c([N+](=O)[O-])c1. The summed E-state index contributed by atoms with van der Waals surface area (Å²) in [6.07, 6.45) is -4.77. The fourth-order valence-corrected chi connectivity index (χ4v) is 2.57. The van der Waals surface area contributed by atoms with Gasteiger partial charge in [0.25, 0.3) is 11.5 Å². The molecule has 128 valence electrons. The Morgan fingerprint density at radius 2 is 2.04 bits per heavy atom. The van der Waals surface area contributed by atoms with Crippen LogP contribution in [-0.2, 0) is 11.9 Å². The topological polar surface area (TPSA) is 143 Å². The van der Waals surface area contributed by atoms with Crippen LogP contribution in [0.5, 0.6) is 0 Å². The summed E-state index contributed by atoms with van der Waals surface area (Å²) in [6.45, 7) is 0. The van der Waals surface area contributed by atoms with Crippen molar-refractivity contribution in [3.63, 3.8) is 0 Å². The highest BCUT2D eigenvalue weighted by Gasteiger charge is 2.38. The van der Waals surface area contributed by atoms with E-state index >= 15 is 0 Å². The molecule has 1 aromatic heterocycles. The first-order chi connectivity index (χ1) is 11.1. The molecule has 13 heteroatoms. The molecule has 0 fully saturated rings. The van der Waals surface area contributed by atoms with E-state index in [1.807, 2.05) is 0 Å². The number of carbonyl (C=O) groups excluding carboxylic acids is 1. The third-order valence-corrected chi connectivity index (χ3v) is 3.83. The molecule has 0 radical (unpaired) electrons. The Labute approximate surface area is 135 Å². The quantitative estimate of drug-likeness (QED) is 0.353. The molecule has 0 saturated carbocycles. The highest BCUT2D eigenvalue weighted by molar-refractivity contribution is 7.98. The van der Waals surface area contributed by atoms with Crippen LogP contribution in [0.1, 0.15) is 21.7 Å². The highest BCUT2D eigenvalue weighted by Crippen LogP contribution is 2.31. The first kappa shape index (κ1) is 17.5. The van der Waals surface area contributed by atoms with Crippen molar-refractivity contribution in [2.75, 3.05) is 5.84 Å². The summed E-state index contributed by atoms with van der Waals surface area (Å²) in [6, 6.07) is 3.55. The Morgan fingerprint density at radius 1 is 1.38 bits per heavy atom. The second-order valence-corrected chi connectivity index (χ2v) is 5.37. The minimum absolute atomic E-state index is 0.0585. The zero-order valence-electron chi connectivity index (χ0n) is 11.6. The summed E-state index contributed by atoms with van der Waals surface area (Å²) in [4.78, 5) is 21.4. The number of thioether (sulfide) groups is 1. The number of nitro groups is 1. The molecule has 1 heterocycles. The lowest BCUT2D eigenvalue weighted by Gasteiger charge is -2.06. The summed E-state index contributed by atoms with van der Waals surface area (Å²) < 4.78 is 38.0. The van der Waals surface area contributed by atoms with Gasteiger partial charge in [-0.2, -0.15) is 13.2 Å². The summed E-state index contributed by atoms with van der Waals surface area (Å²) in [5.41, 5.74) is 4.76. The van der Waals surface area contributed by atoms with Crippen LogP contribution >= 0.6 is 11.8 Å². The van der Waals surface area contributed by atoms with Crippen molar-refractivity contribution in [1.29, 1.82) is 0 Å². The summed E-state index contributed by atoms with van der Waals surface area (Å²) in [5, 5.41) is 17.0. The lowest BCUT2D eigenvalue weighted by molar-refractivity contribution is -0.385. The Balaban J connectivity index is 2.25. The number of nitrogen functional groups attached to an aromatic ring is 1. The van der Waals surface area contributed by atoms with Gasteiger partial charge in [-0.25, -0.2) is 4.68 Å². The van der Waals surface area contributed by atoms with Crippen LogP contribution in [0.3, 0.4) is 0 Å². The Bertz CT molecular complexity index is 807. The number of halogens is 3. The molecule has 4 N–H and O–H groups in total. The number of nitrogens with two attached hydrogens (primary N) is 2. The summed E-state index contributed by atoms with van der Waals surface area (Å²) in [7, 11) is 0. The second-order valence-electron chi connectivity index (χ2n) is 4.43. The molecule has 0 bridgehead atoms. The number of amides is 1. The van der Waals surface area contributed by atoms with Crippen LogP contribution in [0.25, 0.3) is 0 Å². The van der Waals surface area contributed by atoms with Crippen molar-refractivity contribution >= 4 is 23.4 Å². The minimum atomic E-state index is -4.77. The number of nitro benzene ring substituents is 1. The Kier molecular flexibility index (Phi) is 4.64. The predicted molar refractivity (Wildman–Crippen MR) is 76.3 cm³/mol. The average molecular weight is 362 g/mol. The Hall–Kier alpha value is -2.83. The number of hydrogen-bond acceptors (Lipinski definition) is 7. The summed E-state index contributed by atoms with van der Waals surface area (Å²) >= 11 is 0.727. The van der Waals surface area contributed by atoms with Crippen molar-refractivity contribution in [2.45, 2.75) is 17.1 Å². The largest absolute Gasteiger partial charge is 0.453 e. The summed E-state index contributed by atoms with van der Waals surface area (Å²) in [5.74, 6) is 2.94. The van der Waals surface area contributed by atoms with E-state index in [0.29, 0.717) is 0 Å². The number of nitrogens with zero attached hydrogens (tertiary/aromatic N) is 4. The lowest BCUT2D eigenvalue weighted by Crippen LogP contribution is -2.21. The van der Waals surface area contributed by atoms with E-state index in [1.165, 1.54) is 12.1 Å². The van der Waals surface area contributed by atoms with Crippen LogP contribution in [0.15, 0.2) is 23.4 Å². The van der Waals surface area contributed by atoms with Gasteiger partial charge in [0, 0.05) is 22.9 Å². The zero-order valence-corrected chi connectivity index (χ0v) is 12.5. The van der Waals surface area contributed by atoms with Gasteiger partial charge in [-0.1, -0.05) is 17.8 Å². The molecule has 9 nitrogen and oxygen atoms in total. The van der Waals surface area contributed by atoms with Crippen molar-refractivity contribution in [1.82, 2.24) is 14.9 Å². The van der Waals surface area contributed by atoms with Crippen LogP contribution in [0.4, 0.5) is 18.9 Å². The molecule has 0 aliphatic rings. The number of hydrogen-bond donors (Lipinski definition) is 2. The monoisotopic (exact) mass is 362 g/mol. The molecule has 1 aromatic carbocycles. The normalized spacial score (nSPS) is 11.5. The Morgan fingerprint density at radius 3 is 2.54 bits per heavy atom. The minimum Gasteiger partial charge on any atom is -0.366 e. The van der Waals surface area contributed by atoms with E-state index in [-0.39, 0.29) is 26.7 Å². The number of carbonyl (C=O) groups is 1. The van der Waals surface area contributed by atoms with Gasteiger partial charge in [0.05, 0.1) is 4.92 Å². The van der Waals surface area contributed by atoms with Gasteiger partial charge in [0.15, 0.2) is 0 Å². The van der Waals surface area contributed by atoms with Gasteiger partial charge in [-0.15, -0.1) is 10.2 Å². The molecule has 0 spiro atoms. The van der Waals surface area contributed by atoms with E-state index in [2.05, 4.69) is 10.2 Å². The fraction of sp³-hybridized carbons (Fsp3) is 0.182. The van der Waals surface area contributed by atoms with Crippen LogP contribution in [0.2, 0.25) is 0 Å². The number of alkyl halides is 3. The predicted octanol–water partition coefficient (Wildman–Crippen LogP) is 1.31. The van der Waals surface area contributed by atoms with Crippen LogP contribution < -0.4 is 11.6 Å². The standard InChI is InChI=1S/C11H9F3N6O3S/c12-11(13,14)9-17-18-10(19(9)16)24-4-6-2-1-5(8(15)21)3-7(6)20(22)23/h1-3H,4,16H2,(H2,15,21). The van der Waals surface area contributed by atoms with Gasteiger partial charge in [-0.3, -0.25) is 14.9 Å². The molecule has 0 unspecified atom stereocenters. The average Bonchev–Trinajstić information content (AvgIpc) is 2.85. The first-order valence-corrected chi connectivity index (χ1v) is 7.07. The smallest absolute Gasteiger partial charge is 0.366 e. The number of benzene rings is 1. The van der Waals surface area contributed by atoms with E-state index < -0.39 is 28.5 Å². The molecule has 2 aromatic rings. The third kappa shape index (κ3) is 3.56. The molecule has 24 heavy (non-hydrogen) atoms. The molecule has 0 aliphatic heterocycles. The number of rotatable bonds is 5. The molecule has 0 atom stereocenters. The lowest BCUT2D eigenvalue weighted by atomic mass is 10.1. The third-order valence-electron chi connectivity index (χ3n) is 2.84. The van der Waals surface area contributed by atoms with Gasteiger partial charge in [0.1, 0.15) is 0 Å². The van der Waals surface area contributed by atoms with Crippen LogP contribution in [-0.4, -0.2) is 25.7 Å². The first-order valence-electron chi connectivity index (χ1n) is 6.09. The van der Waals surface area contributed by atoms with Crippen molar-refractivity contribution in [3.8, 4) is 0 Å². The molecule has 2 rings (SSSR count). The molecular weight excluding hydrogens is 353 g/mol. The van der Waals surface area contributed by atoms with E-state index in [1.54, 1.807) is 0 Å². The maximum atomic E-state index is 12.6. The van der Waals surface area contributed by atoms with E-state index in [0.717, 1.165) is 17.8 Å². The van der Waals surface area contributed by atoms with Crippen molar-refractivity contribution in [3.05, 3.63) is 45.3 Å². The second kappa shape index (κ2) is 6.35. The molecule has 0 aliphatic carbocycles. The van der Waals surface area contributed by atoms with Crippen molar-refractivity contribution < 1.29 is 22.9 Å². The molecule has 1 amide bonds. The van der Waals surface area contributed by atoms with Gasteiger partial charge in [0.2, 0.25) is 11.1 Å². The van der Waals surface area contributed by atoms with Gasteiger partial charge in [-0.05, 0) is 6.07 Å². The van der Waals surface area contributed by atoms with Crippen LogP contribution in [0, 0.1) is 10.1 Å². The van der Waals surface area contributed by atoms with Gasteiger partial charge >= 0.3 is 6.18 Å². The zero-order chi connectivity index (χ0) is 18.1. The molecular formula is C11H9F3N6O3S. The van der Waals surface area contributed by atoms with Gasteiger partial charge < -0.3 is 11.6 Å². The number of primary amides is 1. The molecule has 0 saturated heterocycles. The van der Waals surface area contributed by atoms with E-state index in [9.17, 15) is 28.1 Å². The van der Waals surface area contributed by atoms with Crippen molar-refractivity contribution in [2.24, 2.45) is 5.73 Å². The fourth-order valence-electron chi connectivity index (χ4n) is 1.72. The highest BCUT2D eigenvalue weighted by atomic mass is 32.2. The maximum Gasteiger partial charge on any atom is 0.453 e. The number of aromatic nitrogens is 3.